The molecule has 100 valence electrons. The van der Waals surface area contributed by atoms with Crippen LogP contribution >= 0.6 is 11.6 Å². The number of hydrogen-bond donors (Lipinski definition) is 1. The predicted octanol–water partition coefficient (Wildman–Crippen LogP) is 2.86. The monoisotopic (exact) mass is 280 g/mol. The van der Waals surface area contributed by atoms with Crippen molar-refractivity contribution in [3.05, 3.63) is 28.8 Å². The summed E-state index contributed by atoms with van der Waals surface area (Å²) in [7, 11) is 3.37. The molecule has 1 N–H and O–H groups in total. The minimum atomic E-state index is -4.54. The summed E-state index contributed by atoms with van der Waals surface area (Å²) in [5.41, 5.74) is -0.898. The van der Waals surface area contributed by atoms with Crippen LogP contribution in [0.1, 0.15) is 5.56 Å². The second kappa shape index (κ2) is 5.58. The highest BCUT2D eigenvalue weighted by molar-refractivity contribution is 6.31. The fourth-order valence-electron chi connectivity index (χ4n) is 1.31. The third kappa shape index (κ3) is 4.19. The van der Waals surface area contributed by atoms with Gasteiger partial charge in [0.1, 0.15) is 0 Å². The number of nitrogens with zero attached hydrogens (tertiary/aromatic N) is 1. The van der Waals surface area contributed by atoms with E-state index in [4.69, 9.17) is 11.6 Å². The Bertz CT molecular complexity index is 446. The average Bonchev–Trinajstić information content (AvgIpc) is 2.17. The lowest BCUT2D eigenvalue weighted by atomic mass is 10.2. The molecule has 7 heteroatoms. The number of nitrogens with one attached hydrogen (secondary N) is 1. The Hall–Kier alpha value is -1.27. The Balaban J connectivity index is 2.89. The van der Waals surface area contributed by atoms with E-state index in [2.05, 4.69) is 5.32 Å². The number of rotatable bonds is 3. The highest BCUT2D eigenvalue weighted by atomic mass is 35.5. The molecule has 0 heterocycles. The molecule has 1 aromatic rings. The lowest BCUT2D eigenvalue weighted by Gasteiger charge is -2.13. The van der Waals surface area contributed by atoms with E-state index >= 15 is 0 Å². The number of carbonyl (C=O) groups excluding carboxylic acids is 1. The molecule has 0 spiro atoms. The summed E-state index contributed by atoms with van der Waals surface area (Å²) in [4.78, 5) is 13.0. The second-order valence-electron chi connectivity index (χ2n) is 3.98. The van der Waals surface area contributed by atoms with E-state index in [1.54, 1.807) is 19.0 Å². The minimum Gasteiger partial charge on any atom is -0.325 e. The molecule has 0 unspecified atom stereocenters. The van der Waals surface area contributed by atoms with Gasteiger partial charge in [-0.1, -0.05) is 11.6 Å². The molecule has 0 aromatic heterocycles. The van der Waals surface area contributed by atoms with Crippen LogP contribution in [0.3, 0.4) is 0 Å². The Morgan fingerprint density at radius 2 is 2.00 bits per heavy atom. The van der Waals surface area contributed by atoms with Crippen molar-refractivity contribution >= 4 is 23.2 Å². The summed E-state index contributed by atoms with van der Waals surface area (Å²) in [6, 6.07) is 3.25. The summed E-state index contributed by atoms with van der Waals surface area (Å²) in [5, 5.41) is 1.98. The molecule has 0 bridgehead atoms. The van der Waals surface area contributed by atoms with Gasteiger partial charge in [0.05, 0.1) is 17.1 Å². The van der Waals surface area contributed by atoms with E-state index in [1.165, 1.54) is 6.07 Å². The lowest BCUT2D eigenvalue weighted by molar-refractivity contribution is -0.137. The molecule has 1 rings (SSSR count). The van der Waals surface area contributed by atoms with E-state index in [-0.39, 0.29) is 12.2 Å². The Labute approximate surface area is 108 Å². The van der Waals surface area contributed by atoms with Crippen LogP contribution < -0.4 is 5.32 Å². The number of hydrogen-bond acceptors (Lipinski definition) is 2. The molecule has 3 nitrogen and oxygen atoms in total. The van der Waals surface area contributed by atoms with Gasteiger partial charge in [0, 0.05) is 5.69 Å². The molecule has 0 saturated carbocycles. The van der Waals surface area contributed by atoms with Gasteiger partial charge >= 0.3 is 6.18 Å². The van der Waals surface area contributed by atoms with Gasteiger partial charge in [-0.25, -0.2) is 0 Å². The first-order chi connectivity index (χ1) is 8.20. The zero-order valence-electron chi connectivity index (χ0n) is 9.81. The van der Waals surface area contributed by atoms with Gasteiger partial charge in [-0.3, -0.25) is 4.79 Å². The summed E-state index contributed by atoms with van der Waals surface area (Å²) in [5.74, 6) is -0.393. The average molecular weight is 281 g/mol. The molecule has 0 aliphatic rings. The minimum absolute atomic E-state index is 0.0681. The summed E-state index contributed by atoms with van der Waals surface area (Å²) < 4.78 is 37.7. The van der Waals surface area contributed by atoms with Crippen molar-refractivity contribution in [2.24, 2.45) is 0 Å². The van der Waals surface area contributed by atoms with Crippen LogP contribution in [0, 0.1) is 0 Å². The van der Waals surface area contributed by atoms with E-state index in [9.17, 15) is 18.0 Å². The number of alkyl halides is 3. The van der Waals surface area contributed by atoms with Crippen molar-refractivity contribution < 1.29 is 18.0 Å². The van der Waals surface area contributed by atoms with Gasteiger partial charge in [0.2, 0.25) is 5.91 Å². The Kier molecular flexibility index (Phi) is 4.59. The van der Waals surface area contributed by atoms with Crippen molar-refractivity contribution in [3.8, 4) is 0 Å². The van der Waals surface area contributed by atoms with Crippen LogP contribution in [-0.4, -0.2) is 31.4 Å². The molecule has 0 saturated heterocycles. The topological polar surface area (TPSA) is 32.3 Å². The number of amides is 1. The number of anilines is 1. The van der Waals surface area contributed by atoms with Crippen molar-refractivity contribution in [1.29, 1.82) is 0 Å². The summed E-state index contributed by atoms with van der Waals surface area (Å²) in [6.45, 7) is 0.0873. The number of carbonyl (C=O) groups is 1. The third-order valence-electron chi connectivity index (χ3n) is 2.02. The first-order valence-electron chi connectivity index (χ1n) is 5.01. The second-order valence-corrected chi connectivity index (χ2v) is 4.39. The van der Waals surface area contributed by atoms with Crippen LogP contribution in [-0.2, 0) is 11.0 Å². The largest absolute Gasteiger partial charge is 0.417 e. The Morgan fingerprint density at radius 1 is 1.39 bits per heavy atom. The van der Waals surface area contributed by atoms with Crippen molar-refractivity contribution in [1.82, 2.24) is 4.90 Å². The first-order valence-corrected chi connectivity index (χ1v) is 5.39. The molecule has 0 aliphatic carbocycles. The molecule has 0 aliphatic heterocycles. The third-order valence-corrected chi connectivity index (χ3v) is 2.34. The van der Waals surface area contributed by atoms with Crippen LogP contribution in [0.2, 0.25) is 5.02 Å². The van der Waals surface area contributed by atoms with E-state index in [0.717, 1.165) is 12.1 Å². The maximum Gasteiger partial charge on any atom is 0.417 e. The van der Waals surface area contributed by atoms with Crippen molar-refractivity contribution in [2.75, 3.05) is 26.0 Å². The van der Waals surface area contributed by atoms with Crippen molar-refractivity contribution in [3.63, 3.8) is 0 Å². The smallest absolute Gasteiger partial charge is 0.325 e. The van der Waals surface area contributed by atoms with E-state index in [1.807, 2.05) is 0 Å². The molecular formula is C11H12ClF3N2O. The first kappa shape index (κ1) is 14.8. The van der Waals surface area contributed by atoms with Crippen LogP contribution in [0.25, 0.3) is 0 Å². The fraction of sp³-hybridized carbons (Fsp3) is 0.364. The zero-order valence-corrected chi connectivity index (χ0v) is 10.6. The maximum absolute atomic E-state index is 12.6. The van der Waals surface area contributed by atoms with Gasteiger partial charge in [0.25, 0.3) is 0 Å². The van der Waals surface area contributed by atoms with Gasteiger partial charge in [-0.05, 0) is 32.3 Å². The van der Waals surface area contributed by atoms with E-state index in [0.29, 0.717) is 0 Å². The zero-order chi connectivity index (χ0) is 13.9. The lowest BCUT2D eigenvalue weighted by Crippen LogP contribution is -2.27. The van der Waals surface area contributed by atoms with E-state index < -0.39 is 22.7 Å². The summed E-state index contributed by atoms with van der Waals surface area (Å²) in [6.07, 6.45) is -4.54. The Morgan fingerprint density at radius 3 is 2.50 bits per heavy atom. The van der Waals surface area contributed by atoms with Gasteiger partial charge in [0.15, 0.2) is 0 Å². The molecule has 0 fully saturated rings. The highest BCUT2D eigenvalue weighted by Crippen LogP contribution is 2.36. The predicted molar refractivity (Wildman–Crippen MR) is 63.6 cm³/mol. The van der Waals surface area contributed by atoms with Crippen LogP contribution in [0.5, 0.6) is 0 Å². The standard InChI is InChI=1S/C11H12ClF3N2O/c1-17(2)6-10(18)16-7-3-4-9(12)8(5-7)11(13,14)15/h3-5H,6H2,1-2H3,(H,16,18). The van der Waals surface area contributed by atoms with Crippen LogP contribution in [0.4, 0.5) is 18.9 Å². The van der Waals surface area contributed by atoms with Crippen LogP contribution in [0.15, 0.2) is 18.2 Å². The van der Waals surface area contributed by atoms with Gasteiger partial charge in [-0.15, -0.1) is 0 Å². The fourth-order valence-corrected chi connectivity index (χ4v) is 1.53. The number of benzene rings is 1. The quantitative estimate of drug-likeness (QED) is 0.923. The number of likely N-dealkylation sites (N-methyl/N-ethyl adjacent to an activating group) is 1. The summed E-state index contributed by atoms with van der Waals surface area (Å²) >= 11 is 5.46. The maximum atomic E-state index is 12.6. The molecule has 1 aromatic carbocycles. The molecule has 1 amide bonds. The van der Waals surface area contributed by atoms with Gasteiger partial charge < -0.3 is 10.2 Å². The van der Waals surface area contributed by atoms with Crippen molar-refractivity contribution in [2.45, 2.75) is 6.18 Å². The van der Waals surface area contributed by atoms with Gasteiger partial charge in [-0.2, -0.15) is 13.2 Å². The normalized spacial score (nSPS) is 11.7. The number of halogens is 4. The molecule has 0 radical (unpaired) electrons. The molecular weight excluding hydrogens is 269 g/mol. The SMILES string of the molecule is CN(C)CC(=O)Nc1ccc(Cl)c(C(F)(F)F)c1. The molecule has 18 heavy (non-hydrogen) atoms. The molecule has 0 atom stereocenters. The highest BCUT2D eigenvalue weighted by Gasteiger charge is 2.33.